The molecule has 1 rings (SSSR count). The normalized spacial score (nSPS) is 12.6. The second kappa shape index (κ2) is 7.78. The van der Waals surface area contributed by atoms with Crippen molar-refractivity contribution >= 4 is 11.9 Å². The molecule has 1 atom stereocenters. The van der Waals surface area contributed by atoms with Gasteiger partial charge in [0.2, 0.25) is 0 Å². The van der Waals surface area contributed by atoms with Gasteiger partial charge < -0.3 is 14.8 Å². The molecule has 21 heavy (non-hydrogen) atoms. The van der Waals surface area contributed by atoms with E-state index in [-0.39, 0.29) is 12.4 Å². The highest BCUT2D eigenvalue weighted by atomic mass is 16.6. The average molecular weight is 293 g/mol. The van der Waals surface area contributed by atoms with Crippen molar-refractivity contribution in [2.45, 2.75) is 45.9 Å². The van der Waals surface area contributed by atoms with E-state index in [9.17, 15) is 9.59 Å². The lowest BCUT2D eigenvalue weighted by Gasteiger charge is -2.22. The number of nitrogens with one attached hydrogen (secondary N) is 1. The SMILES string of the molecule is CC(=O)C(COCc1ccccc1)NC(=O)OC(C)(C)C. The summed E-state index contributed by atoms with van der Waals surface area (Å²) >= 11 is 0. The Balaban J connectivity index is 2.43. The molecule has 0 aliphatic carbocycles. The topological polar surface area (TPSA) is 64.6 Å². The van der Waals surface area contributed by atoms with E-state index in [2.05, 4.69) is 5.32 Å². The summed E-state index contributed by atoms with van der Waals surface area (Å²) < 4.78 is 10.6. The fourth-order valence-corrected chi connectivity index (χ4v) is 1.58. The number of rotatable bonds is 6. The van der Waals surface area contributed by atoms with Gasteiger partial charge >= 0.3 is 6.09 Å². The number of ketones is 1. The third-order valence-electron chi connectivity index (χ3n) is 2.58. The van der Waals surface area contributed by atoms with E-state index in [1.54, 1.807) is 20.8 Å². The molecule has 0 spiro atoms. The van der Waals surface area contributed by atoms with Crippen LogP contribution in [0.5, 0.6) is 0 Å². The van der Waals surface area contributed by atoms with E-state index < -0.39 is 17.7 Å². The van der Waals surface area contributed by atoms with Gasteiger partial charge in [0.15, 0.2) is 5.78 Å². The maximum absolute atomic E-state index is 11.7. The Bertz CT molecular complexity index is 465. The maximum Gasteiger partial charge on any atom is 0.408 e. The Morgan fingerprint density at radius 3 is 2.33 bits per heavy atom. The summed E-state index contributed by atoms with van der Waals surface area (Å²) in [7, 11) is 0. The van der Waals surface area contributed by atoms with Crippen molar-refractivity contribution in [3.8, 4) is 0 Å². The molecule has 0 aliphatic heterocycles. The zero-order valence-corrected chi connectivity index (χ0v) is 13.0. The molecule has 1 unspecified atom stereocenters. The van der Waals surface area contributed by atoms with E-state index in [0.717, 1.165) is 5.56 Å². The lowest BCUT2D eigenvalue weighted by molar-refractivity contribution is -0.120. The van der Waals surface area contributed by atoms with Gasteiger partial charge in [-0.1, -0.05) is 30.3 Å². The van der Waals surface area contributed by atoms with Crippen LogP contribution in [0.4, 0.5) is 4.79 Å². The number of carbonyl (C=O) groups is 2. The zero-order valence-electron chi connectivity index (χ0n) is 13.0. The number of ether oxygens (including phenoxy) is 2. The predicted molar refractivity (Wildman–Crippen MR) is 79.9 cm³/mol. The first-order valence-corrected chi connectivity index (χ1v) is 6.89. The number of hydrogen-bond donors (Lipinski definition) is 1. The Hall–Kier alpha value is -1.88. The van der Waals surface area contributed by atoms with E-state index in [4.69, 9.17) is 9.47 Å². The van der Waals surface area contributed by atoms with Crippen molar-refractivity contribution in [1.29, 1.82) is 0 Å². The fraction of sp³-hybridized carbons (Fsp3) is 0.500. The lowest BCUT2D eigenvalue weighted by Crippen LogP contribution is -2.45. The molecule has 0 bridgehead atoms. The van der Waals surface area contributed by atoms with Crippen LogP contribution in [0.3, 0.4) is 0 Å². The second-order valence-corrected chi connectivity index (χ2v) is 5.81. The first kappa shape index (κ1) is 17.2. The molecule has 1 amide bonds. The van der Waals surface area contributed by atoms with Gasteiger partial charge in [-0.25, -0.2) is 4.79 Å². The molecule has 0 heterocycles. The highest BCUT2D eigenvalue weighted by molar-refractivity contribution is 5.85. The average Bonchev–Trinajstić information content (AvgIpc) is 2.36. The van der Waals surface area contributed by atoms with E-state index in [1.165, 1.54) is 6.92 Å². The zero-order chi connectivity index (χ0) is 15.9. The van der Waals surface area contributed by atoms with E-state index >= 15 is 0 Å². The van der Waals surface area contributed by atoms with Crippen LogP contribution in [-0.4, -0.2) is 30.1 Å². The quantitative estimate of drug-likeness (QED) is 0.876. The van der Waals surface area contributed by atoms with Gasteiger partial charge in [0, 0.05) is 0 Å². The van der Waals surface area contributed by atoms with Crippen LogP contribution in [0.25, 0.3) is 0 Å². The monoisotopic (exact) mass is 293 g/mol. The summed E-state index contributed by atoms with van der Waals surface area (Å²) in [6, 6.07) is 8.92. The minimum absolute atomic E-state index is 0.115. The van der Waals surface area contributed by atoms with Gasteiger partial charge in [-0.3, -0.25) is 4.79 Å². The van der Waals surface area contributed by atoms with Crippen molar-refractivity contribution in [2.75, 3.05) is 6.61 Å². The Labute approximate surface area is 125 Å². The summed E-state index contributed by atoms with van der Waals surface area (Å²) in [5.41, 5.74) is 0.410. The molecule has 1 aromatic rings. The molecule has 0 aromatic heterocycles. The van der Waals surface area contributed by atoms with Crippen LogP contribution in [0.15, 0.2) is 30.3 Å². The van der Waals surface area contributed by atoms with Crippen LogP contribution in [0.2, 0.25) is 0 Å². The highest BCUT2D eigenvalue weighted by Gasteiger charge is 2.22. The number of hydrogen-bond acceptors (Lipinski definition) is 4. The number of Topliss-reactive ketones (excluding diaryl/α,β-unsaturated/α-hetero) is 1. The van der Waals surface area contributed by atoms with Crippen LogP contribution >= 0.6 is 0 Å². The molecule has 5 heteroatoms. The van der Waals surface area contributed by atoms with Crippen LogP contribution in [0.1, 0.15) is 33.3 Å². The van der Waals surface area contributed by atoms with Crippen LogP contribution in [-0.2, 0) is 20.9 Å². The molecule has 116 valence electrons. The maximum atomic E-state index is 11.7. The Morgan fingerprint density at radius 1 is 1.19 bits per heavy atom. The number of carbonyl (C=O) groups excluding carboxylic acids is 2. The van der Waals surface area contributed by atoms with E-state index in [0.29, 0.717) is 6.61 Å². The molecular weight excluding hydrogens is 270 g/mol. The molecule has 5 nitrogen and oxygen atoms in total. The largest absolute Gasteiger partial charge is 0.444 e. The molecule has 0 aliphatic rings. The fourth-order valence-electron chi connectivity index (χ4n) is 1.58. The highest BCUT2D eigenvalue weighted by Crippen LogP contribution is 2.07. The smallest absolute Gasteiger partial charge is 0.408 e. The second-order valence-electron chi connectivity index (χ2n) is 5.81. The molecule has 0 saturated carbocycles. The van der Waals surface area contributed by atoms with Crippen LogP contribution < -0.4 is 5.32 Å². The molecule has 0 saturated heterocycles. The summed E-state index contributed by atoms with van der Waals surface area (Å²) in [4.78, 5) is 23.2. The van der Waals surface area contributed by atoms with Gasteiger partial charge in [-0.2, -0.15) is 0 Å². The first-order valence-electron chi connectivity index (χ1n) is 6.89. The molecule has 0 radical (unpaired) electrons. The number of amides is 1. The number of benzene rings is 1. The molecule has 1 N–H and O–H groups in total. The molecule has 1 aromatic carbocycles. The van der Waals surface area contributed by atoms with E-state index in [1.807, 2.05) is 30.3 Å². The minimum Gasteiger partial charge on any atom is -0.444 e. The molecule has 0 fully saturated rings. The van der Waals surface area contributed by atoms with Gasteiger partial charge in [0.25, 0.3) is 0 Å². The Kier molecular flexibility index (Phi) is 6.37. The van der Waals surface area contributed by atoms with Crippen molar-refractivity contribution < 1.29 is 19.1 Å². The van der Waals surface area contributed by atoms with Gasteiger partial charge in [0.05, 0.1) is 13.2 Å². The summed E-state index contributed by atoms with van der Waals surface area (Å²) in [5, 5.41) is 2.52. The third-order valence-corrected chi connectivity index (χ3v) is 2.58. The van der Waals surface area contributed by atoms with Gasteiger partial charge in [-0.15, -0.1) is 0 Å². The third kappa shape index (κ3) is 7.46. The van der Waals surface area contributed by atoms with Gasteiger partial charge in [-0.05, 0) is 33.3 Å². The van der Waals surface area contributed by atoms with Crippen molar-refractivity contribution in [1.82, 2.24) is 5.32 Å². The summed E-state index contributed by atoms with van der Waals surface area (Å²) in [6.07, 6.45) is -0.619. The lowest BCUT2D eigenvalue weighted by atomic mass is 10.2. The standard InChI is InChI=1S/C16H23NO4/c1-12(18)14(17-15(19)21-16(2,3)4)11-20-10-13-8-6-5-7-9-13/h5-9,14H,10-11H2,1-4H3,(H,17,19). The number of alkyl carbamates (subject to hydrolysis) is 1. The Morgan fingerprint density at radius 2 is 1.81 bits per heavy atom. The van der Waals surface area contributed by atoms with Crippen molar-refractivity contribution in [2.24, 2.45) is 0 Å². The summed E-state index contributed by atoms with van der Waals surface area (Å²) in [6.45, 7) is 7.21. The van der Waals surface area contributed by atoms with Crippen molar-refractivity contribution in [3.05, 3.63) is 35.9 Å². The summed E-state index contributed by atoms with van der Waals surface area (Å²) in [5.74, 6) is -0.172. The minimum atomic E-state index is -0.705. The first-order chi connectivity index (χ1) is 9.78. The van der Waals surface area contributed by atoms with Crippen LogP contribution in [0, 0.1) is 0 Å². The molecular formula is C16H23NO4. The van der Waals surface area contributed by atoms with Gasteiger partial charge in [0.1, 0.15) is 11.6 Å². The predicted octanol–water partition coefficient (Wildman–Crippen LogP) is 2.69. The van der Waals surface area contributed by atoms with Crippen molar-refractivity contribution in [3.63, 3.8) is 0 Å².